The monoisotopic (exact) mass is 872 g/mol. The smallest absolute Gasteiger partial charge is 0.475 e. The van der Waals surface area contributed by atoms with Crippen LogP contribution in [0.25, 0.3) is 0 Å². The number of hydrogen-bond acceptors (Lipinski definition) is 12. The Morgan fingerprint density at radius 2 is 1.39 bits per heavy atom. The Labute approximate surface area is 330 Å². The number of likely N-dealkylation sites (tertiary alicyclic amines) is 1. The molecule has 2 aliphatic heterocycles. The second-order valence-corrected chi connectivity index (χ2v) is 12.4. The highest BCUT2D eigenvalue weighted by atomic mass is 35.5. The van der Waals surface area contributed by atoms with Gasteiger partial charge < -0.3 is 40.7 Å². The number of carboxylic acids is 3. The summed E-state index contributed by atoms with van der Waals surface area (Å²) in [5, 5.41) is 36.0. The van der Waals surface area contributed by atoms with E-state index in [1.54, 1.807) is 25.4 Å². The number of hydrogen-bond donors (Lipinski definition) is 6. The van der Waals surface area contributed by atoms with Crippen LogP contribution >= 0.6 is 11.6 Å². The van der Waals surface area contributed by atoms with E-state index in [1.807, 2.05) is 17.2 Å². The molecule has 59 heavy (non-hydrogen) atoms. The molecule has 6 bridgehead atoms. The molecule has 0 saturated carbocycles. The molecular formula is C33H30ClF9N8O8. The van der Waals surface area contributed by atoms with E-state index in [2.05, 4.69) is 54.3 Å². The van der Waals surface area contributed by atoms with Crippen molar-refractivity contribution in [3.8, 4) is 0 Å². The summed E-state index contributed by atoms with van der Waals surface area (Å²) in [5.41, 5.74) is 5.45. The SMILES string of the molecule is Cc1cc(C(=O)N2CCC(Nc3ccc4cc3CCc3cncc(c3)Nc3ncc(Cl)c(n3)N4)CC2)no1.O=C(O)C(F)(F)F.O=C(O)C(F)(F)F.O=C(O)C(F)(F)F. The fourth-order valence-corrected chi connectivity index (χ4v) is 4.99. The molecule has 5 heterocycles. The summed E-state index contributed by atoms with van der Waals surface area (Å²) in [6.45, 7) is 3.12. The molecule has 1 saturated heterocycles. The fourth-order valence-electron chi connectivity index (χ4n) is 4.85. The first-order valence-electron chi connectivity index (χ1n) is 16.4. The normalized spacial score (nSPS) is 13.9. The third kappa shape index (κ3) is 15.1. The van der Waals surface area contributed by atoms with Crippen molar-refractivity contribution in [1.29, 1.82) is 0 Å². The van der Waals surface area contributed by atoms with E-state index >= 15 is 0 Å². The predicted octanol–water partition coefficient (Wildman–Crippen LogP) is 7.02. The number of carboxylic acid groups (broad SMARTS) is 3. The molecule has 2 aliphatic rings. The minimum atomic E-state index is -5.08. The number of piperidine rings is 1. The van der Waals surface area contributed by atoms with Crippen LogP contribution in [-0.2, 0) is 27.2 Å². The summed E-state index contributed by atoms with van der Waals surface area (Å²) in [6.07, 6.45) is -6.70. The Kier molecular flexibility index (Phi) is 15.8. The maximum atomic E-state index is 12.7. The first-order valence-corrected chi connectivity index (χ1v) is 16.7. The number of benzene rings is 1. The molecule has 6 N–H and O–H groups in total. The Hall–Kier alpha value is -6.40. The lowest BCUT2D eigenvalue weighted by Crippen LogP contribution is -2.42. The number of rotatable bonds is 3. The van der Waals surface area contributed by atoms with E-state index in [-0.39, 0.29) is 11.9 Å². The van der Waals surface area contributed by atoms with Gasteiger partial charge in [0, 0.05) is 42.8 Å². The number of aromatic nitrogens is 4. The molecule has 0 spiro atoms. The predicted molar refractivity (Wildman–Crippen MR) is 187 cm³/mol. The van der Waals surface area contributed by atoms with Crippen molar-refractivity contribution >= 4 is 64.2 Å². The van der Waals surface area contributed by atoms with Crippen LogP contribution in [0.1, 0.15) is 40.2 Å². The van der Waals surface area contributed by atoms with Crippen molar-refractivity contribution < 1.29 is 78.5 Å². The van der Waals surface area contributed by atoms with Gasteiger partial charge in [-0.15, -0.1) is 0 Å². The van der Waals surface area contributed by atoms with Crippen LogP contribution in [0.4, 0.5) is 68.3 Å². The van der Waals surface area contributed by atoms with E-state index < -0.39 is 36.4 Å². The zero-order chi connectivity index (χ0) is 44.3. The lowest BCUT2D eigenvalue weighted by molar-refractivity contribution is -0.193. The fraction of sp³-hybridized carbons (Fsp3) is 0.333. The van der Waals surface area contributed by atoms with Gasteiger partial charge >= 0.3 is 36.4 Å². The molecule has 16 nitrogen and oxygen atoms in total. The van der Waals surface area contributed by atoms with Crippen molar-refractivity contribution in [3.63, 3.8) is 0 Å². The lowest BCUT2D eigenvalue weighted by atomic mass is 10.00. The Balaban J connectivity index is 0.000000365. The van der Waals surface area contributed by atoms with E-state index in [0.29, 0.717) is 41.3 Å². The Morgan fingerprint density at radius 1 is 0.814 bits per heavy atom. The Morgan fingerprint density at radius 3 is 1.92 bits per heavy atom. The maximum absolute atomic E-state index is 12.7. The molecule has 0 unspecified atom stereocenters. The molecule has 3 aromatic heterocycles. The zero-order valence-corrected chi connectivity index (χ0v) is 30.6. The number of nitrogens with one attached hydrogen (secondary N) is 3. The summed E-state index contributed by atoms with van der Waals surface area (Å²) in [5.74, 6) is -6.74. The number of alkyl halides is 9. The third-order valence-electron chi connectivity index (χ3n) is 7.56. The van der Waals surface area contributed by atoms with E-state index in [4.69, 9.17) is 45.8 Å². The maximum Gasteiger partial charge on any atom is 0.490 e. The van der Waals surface area contributed by atoms with Crippen LogP contribution in [0.15, 0.2) is 53.4 Å². The standard InChI is InChI=1S/C27H27ClN8O2.3C2HF3O2/c1-16-10-24(35-38-16)26(37)36-8-6-19(7-9-36)31-23-5-4-20-12-18(23)3-2-17-11-21(14-29-13-17)33-27-30-15-22(28)25(32-20)34-27;3*3-2(4,5)1(6)7/h4-5,10-15,19,31H,2-3,6-9H2,1H3,(H2,30,32,33,34);3*(H,6,7). The topological polar surface area (TPSA) is 233 Å². The number of halogens is 10. The summed E-state index contributed by atoms with van der Waals surface area (Å²) >= 11 is 6.39. The molecule has 1 aromatic carbocycles. The largest absolute Gasteiger partial charge is 0.490 e. The summed E-state index contributed by atoms with van der Waals surface area (Å²) in [7, 11) is 0. The molecule has 0 aliphatic carbocycles. The van der Waals surface area contributed by atoms with Crippen molar-refractivity contribution in [2.24, 2.45) is 0 Å². The summed E-state index contributed by atoms with van der Waals surface area (Å²) in [6, 6.07) is 10.3. The number of pyridine rings is 1. The van der Waals surface area contributed by atoms with Crippen LogP contribution < -0.4 is 16.0 Å². The minimum Gasteiger partial charge on any atom is -0.475 e. The number of fused-ring (bicyclic) bond motifs is 6. The van der Waals surface area contributed by atoms with Crippen molar-refractivity contribution in [2.45, 2.75) is 57.2 Å². The van der Waals surface area contributed by atoms with Gasteiger partial charge in [0.05, 0.1) is 18.1 Å². The molecule has 320 valence electrons. The first kappa shape index (κ1) is 47.0. The van der Waals surface area contributed by atoms with Crippen molar-refractivity contribution in [3.05, 3.63) is 76.5 Å². The van der Waals surface area contributed by atoms with Gasteiger partial charge in [-0.05, 0) is 68.0 Å². The minimum absolute atomic E-state index is 0.0781. The molecule has 4 aromatic rings. The van der Waals surface area contributed by atoms with Crippen LogP contribution in [0.3, 0.4) is 0 Å². The number of nitrogens with zero attached hydrogens (tertiary/aromatic N) is 5. The molecule has 0 atom stereocenters. The van der Waals surface area contributed by atoms with Gasteiger partial charge in [-0.1, -0.05) is 16.8 Å². The molecule has 1 amide bonds. The number of aliphatic carboxylic acids is 3. The van der Waals surface area contributed by atoms with Gasteiger partial charge in [0.15, 0.2) is 11.5 Å². The van der Waals surface area contributed by atoms with Gasteiger partial charge in [0.1, 0.15) is 10.8 Å². The Bertz CT molecular complexity index is 2050. The highest BCUT2D eigenvalue weighted by Gasteiger charge is 2.39. The van der Waals surface area contributed by atoms with Crippen LogP contribution in [-0.4, -0.2) is 102 Å². The highest BCUT2D eigenvalue weighted by Crippen LogP contribution is 2.30. The second kappa shape index (κ2) is 19.8. The van der Waals surface area contributed by atoms with Crippen LogP contribution in [0, 0.1) is 6.92 Å². The third-order valence-corrected chi connectivity index (χ3v) is 7.84. The van der Waals surface area contributed by atoms with E-state index in [1.165, 1.54) is 5.56 Å². The zero-order valence-electron chi connectivity index (χ0n) is 29.8. The van der Waals surface area contributed by atoms with Gasteiger partial charge in [-0.2, -0.15) is 44.5 Å². The average molecular weight is 873 g/mol. The van der Waals surface area contributed by atoms with Crippen molar-refractivity contribution in [2.75, 3.05) is 29.0 Å². The van der Waals surface area contributed by atoms with Gasteiger partial charge in [-0.25, -0.2) is 19.4 Å². The highest BCUT2D eigenvalue weighted by molar-refractivity contribution is 6.32. The van der Waals surface area contributed by atoms with E-state index in [9.17, 15) is 44.3 Å². The van der Waals surface area contributed by atoms with Crippen LogP contribution in [0.5, 0.6) is 0 Å². The number of carbonyl (C=O) groups is 4. The van der Waals surface area contributed by atoms with Gasteiger partial charge in [-0.3, -0.25) is 9.78 Å². The quantitative estimate of drug-likeness (QED) is 0.114. The average Bonchev–Trinajstić information content (AvgIpc) is 3.58. The second-order valence-electron chi connectivity index (χ2n) is 12.0. The van der Waals surface area contributed by atoms with Crippen molar-refractivity contribution in [1.82, 2.24) is 25.0 Å². The number of anilines is 5. The molecule has 6 rings (SSSR count). The summed E-state index contributed by atoms with van der Waals surface area (Å²) in [4.78, 5) is 54.5. The number of carbonyl (C=O) groups excluding carboxylic acids is 1. The molecule has 26 heteroatoms. The van der Waals surface area contributed by atoms with Gasteiger partial charge in [0.25, 0.3) is 5.91 Å². The molecule has 1 fully saturated rings. The number of amides is 1. The van der Waals surface area contributed by atoms with E-state index in [0.717, 1.165) is 48.3 Å². The van der Waals surface area contributed by atoms with Crippen LogP contribution in [0.2, 0.25) is 5.02 Å². The number of aryl methyl sites for hydroxylation is 3. The molecule has 0 radical (unpaired) electrons. The first-order chi connectivity index (χ1) is 27.3. The molecular weight excluding hydrogens is 843 g/mol. The van der Waals surface area contributed by atoms with Gasteiger partial charge in [0.2, 0.25) is 5.95 Å². The lowest BCUT2D eigenvalue weighted by Gasteiger charge is -2.33. The summed E-state index contributed by atoms with van der Waals surface area (Å²) < 4.78 is 100.